The summed E-state index contributed by atoms with van der Waals surface area (Å²) >= 11 is 0. The minimum atomic E-state index is -0.0354. The van der Waals surface area contributed by atoms with Crippen LogP contribution in [-0.2, 0) is 11.8 Å². The first-order valence-corrected chi connectivity index (χ1v) is 6.39. The number of aromatic nitrogens is 3. The Hall–Kier alpha value is -2.17. The van der Waals surface area contributed by atoms with Gasteiger partial charge < -0.3 is 4.57 Å². The number of benzene rings is 1. The SMILES string of the molecule is CC[C@H](CC(=O)Nc1nncn1C)c1ccccc1. The lowest BCUT2D eigenvalue weighted by Gasteiger charge is -2.14. The highest BCUT2D eigenvalue weighted by Crippen LogP contribution is 2.23. The number of nitrogens with zero attached hydrogens (tertiary/aromatic N) is 3. The van der Waals surface area contributed by atoms with Crippen molar-refractivity contribution in [2.24, 2.45) is 7.05 Å². The minimum Gasteiger partial charge on any atom is -0.303 e. The Morgan fingerprint density at radius 1 is 1.37 bits per heavy atom. The van der Waals surface area contributed by atoms with Crippen molar-refractivity contribution >= 4 is 11.9 Å². The van der Waals surface area contributed by atoms with E-state index in [0.29, 0.717) is 12.4 Å². The fourth-order valence-corrected chi connectivity index (χ4v) is 2.02. The molecule has 0 bridgehead atoms. The maximum Gasteiger partial charge on any atom is 0.230 e. The van der Waals surface area contributed by atoms with Gasteiger partial charge in [0.05, 0.1) is 0 Å². The Morgan fingerprint density at radius 2 is 2.11 bits per heavy atom. The molecule has 1 atom stereocenters. The Balaban J connectivity index is 1.99. The molecule has 1 heterocycles. The molecule has 100 valence electrons. The molecule has 0 fully saturated rings. The first kappa shape index (κ1) is 13.3. The molecule has 0 aliphatic rings. The van der Waals surface area contributed by atoms with E-state index >= 15 is 0 Å². The van der Waals surface area contributed by atoms with E-state index in [1.165, 1.54) is 5.56 Å². The van der Waals surface area contributed by atoms with Gasteiger partial charge in [0.1, 0.15) is 6.33 Å². The van der Waals surface area contributed by atoms with Crippen LogP contribution in [0.15, 0.2) is 36.7 Å². The lowest BCUT2D eigenvalue weighted by molar-refractivity contribution is -0.116. The van der Waals surface area contributed by atoms with E-state index in [4.69, 9.17) is 0 Å². The van der Waals surface area contributed by atoms with Crippen LogP contribution in [0.25, 0.3) is 0 Å². The molecule has 0 radical (unpaired) electrons. The first-order valence-electron chi connectivity index (χ1n) is 6.39. The number of amides is 1. The fraction of sp³-hybridized carbons (Fsp3) is 0.357. The molecule has 19 heavy (non-hydrogen) atoms. The zero-order valence-corrected chi connectivity index (χ0v) is 11.2. The molecule has 1 aromatic carbocycles. The van der Waals surface area contributed by atoms with E-state index in [0.717, 1.165) is 6.42 Å². The highest BCUT2D eigenvalue weighted by Gasteiger charge is 2.15. The van der Waals surface area contributed by atoms with Gasteiger partial charge in [0, 0.05) is 13.5 Å². The summed E-state index contributed by atoms with van der Waals surface area (Å²) in [6.45, 7) is 2.09. The van der Waals surface area contributed by atoms with E-state index < -0.39 is 0 Å². The van der Waals surface area contributed by atoms with Gasteiger partial charge in [-0.3, -0.25) is 10.1 Å². The molecule has 1 aromatic heterocycles. The standard InChI is InChI=1S/C14H18N4O/c1-3-11(12-7-5-4-6-8-12)9-13(19)16-14-17-15-10-18(14)2/h4-8,10-11H,3,9H2,1-2H3,(H,16,17,19)/t11-/m1/s1. The van der Waals surface area contributed by atoms with Crippen molar-refractivity contribution < 1.29 is 4.79 Å². The zero-order chi connectivity index (χ0) is 13.7. The summed E-state index contributed by atoms with van der Waals surface area (Å²) in [7, 11) is 1.80. The maximum atomic E-state index is 12.0. The van der Waals surface area contributed by atoms with Crippen LogP contribution in [-0.4, -0.2) is 20.7 Å². The molecule has 0 spiro atoms. The molecule has 0 unspecified atom stereocenters. The smallest absolute Gasteiger partial charge is 0.230 e. The normalized spacial score (nSPS) is 12.1. The average Bonchev–Trinajstić information content (AvgIpc) is 2.82. The summed E-state index contributed by atoms with van der Waals surface area (Å²) in [5, 5.41) is 10.3. The molecule has 0 saturated heterocycles. The van der Waals surface area contributed by atoms with Gasteiger partial charge in [-0.25, -0.2) is 0 Å². The lowest BCUT2D eigenvalue weighted by atomic mass is 9.93. The van der Waals surface area contributed by atoms with Gasteiger partial charge in [-0.15, -0.1) is 10.2 Å². The fourth-order valence-electron chi connectivity index (χ4n) is 2.02. The van der Waals surface area contributed by atoms with E-state index in [9.17, 15) is 4.79 Å². The summed E-state index contributed by atoms with van der Waals surface area (Å²) in [4.78, 5) is 12.0. The van der Waals surface area contributed by atoms with Gasteiger partial charge in [0.15, 0.2) is 0 Å². The highest BCUT2D eigenvalue weighted by molar-refractivity contribution is 5.89. The highest BCUT2D eigenvalue weighted by atomic mass is 16.1. The molecule has 1 amide bonds. The molecule has 5 heteroatoms. The molecule has 0 aliphatic carbocycles. The van der Waals surface area contributed by atoms with Gasteiger partial charge >= 0.3 is 0 Å². The molecular weight excluding hydrogens is 240 g/mol. The lowest BCUT2D eigenvalue weighted by Crippen LogP contribution is -2.17. The van der Waals surface area contributed by atoms with Crippen molar-refractivity contribution in [2.45, 2.75) is 25.7 Å². The van der Waals surface area contributed by atoms with Gasteiger partial charge in [0.25, 0.3) is 0 Å². The zero-order valence-electron chi connectivity index (χ0n) is 11.2. The van der Waals surface area contributed by atoms with Crippen LogP contribution < -0.4 is 5.32 Å². The maximum absolute atomic E-state index is 12.0. The summed E-state index contributed by atoms with van der Waals surface area (Å²) in [5.74, 6) is 0.675. The average molecular weight is 258 g/mol. The summed E-state index contributed by atoms with van der Waals surface area (Å²) in [6, 6.07) is 10.1. The van der Waals surface area contributed by atoms with E-state index in [2.05, 4.69) is 34.6 Å². The molecule has 2 aromatic rings. The number of anilines is 1. The van der Waals surface area contributed by atoms with Crippen molar-refractivity contribution in [3.05, 3.63) is 42.2 Å². The quantitative estimate of drug-likeness (QED) is 0.895. The Kier molecular flexibility index (Phi) is 4.28. The monoisotopic (exact) mass is 258 g/mol. The third-order valence-corrected chi connectivity index (χ3v) is 3.16. The second-order valence-corrected chi connectivity index (χ2v) is 4.53. The number of carbonyl (C=O) groups is 1. The predicted molar refractivity (Wildman–Crippen MR) is 73.7 cm³/mol. The number of rotatable bonds is 5. The van der Waals surface area contributed by atoms with Crippen molar-refractivity contribution in [1.82, 2.24) is 14.8 Å². The summed E-state index contributed by atoms with van der Waals surface area (Å²) < 4.78 is 1.68. The molecule has 1 N–H and O–H groups in total. The molecule has 5 nitrogen and oxygen atoms in total. The summed E-state index contributed by atoms with van der Waals surface area (Å²) in [5.41, 5.74) is 1.19. The third kappa shape index (κ3) is 3.40. The third-order valence-electron chi connectivity index (χ3n) is 3.16. The van der Waals surface area contributed by atoms with Crippen molar-refractivity contribution in [2.75, 3.05) is 5.32 Å². The Bertz CT molecular complexity index is 535. The topological polar surface area (TPSA) is 59.8 Å². The number of carbonyl (C=O) groups excluding carboxylic acids is 1. The Labute approximate surface area is 112 Å². The van der Waals surface area contributed by atoms with Crippen LogP contribution in [0.5, 0.6) is 0 Å². The predicted octanol–water partition coefficient (Wildman–Crippen LogP) is 2.34. The van der Waals surface area contributed by atoms with Crippen LogP contribution in [0.1, 0.15) is 31.2 Å². The van der Waals surface area contributed by atoms with Crippen molar-refractivity contribution in [3.8, 4) is 0 Å². The van der Waals surface area contributed by atoms with E-state index in [1.807, 2.05) is 18.2 Å². The first-order chi connectivity index (χ1) is 9.20. The molecular formula is C14H18N4O. The number of hydrogen-bond donors (Lipinski definition) is 1. The van der Waals surface area contributed by atoms with Crippen molar-refractivity contribution in [3.63, 3.8) is 0 Å². The number of hydrogen-bond acceptors (Lipinski definition) is 3. The van der Waals surface area contributed by atoms with Crippen LogP contribution in [0.3, 0.4) is 0 Å². The number of nitrogens with one attached hydrogen (secondary N) is 1. The molecule has 0 saturated carbocycles. The molecule has 2 rings (SSSR count). The summed E-state index contributed by atoms with van der Waals surface area (Å²) in [6.07, 6.45) is 2.94. The largest absolute Gasteiger partial charge is 0.303 e. The second kappa shape index (κ2) is 6.13. The Morgan fingerprint density at radius 3 is 2.68 bits per heavy atom. The van der Waals surface area contributed by atoms with E-state index in [-0.39, 0.29) is 11.8 Å². The van der Waals surface area contributed by atoms with Gasteiger partial charge in [-0.05, 0) is 17.9 Å². The van der Waals surface area contributed by atoms with Gasteiger partial charge in [-0.2, -0.15) is 0 Å². The second-order valence-electron chi connectivity index (χ2n) is 4.53. The van der Waals surface area contributed by atoms with Gasteiger partial charge in [0.2, 0.25) is 11.9 Å². The van der Waals surface area contributed by atoms with Gasteiger partial charge in [-0.1, -0.05) is 37.3 Å². The minimum absolute atomic E-state index is 0.0354. The molecule has 0 aliphatic heterocycles. The van der Waals surface area contributed by atoms with Crippen LogP contribution >= 0.6 is 0 Å². The van der Waals surface area contributed by atoms with Crippen LogP contribution in [0, 0.1) is 0 Å². The number of aryl methyl sites for hydroxylation is 1. The van der Waals surface area contributed by atoms with Crippen LogP contribution in [0.4, 0.5) is 5.95 Å². The van der Waals surface area contributed by atoms with Crippen LogP contribution in [0.2, 0.25) is 0 Å². The van der Waals surface area contributed by atoms with Crippen molar-refractivity contribution in [1.29, 1.82) is 0 Å². The van der Waals surface area contributed by atoms with E-state index in [1.54, 1.807) is 17.9 Å².